The molecule has 1 aromatic carbocycles. The molecule has 0 aliphatic carbocycles. The van der Waals surface area contributed by atoms with Gasteiger partial charge in [-0.1, -0.05) is 6.07 Å². The second-order valence-electron chi connectivity index (χ2n) is 7.15. The van der Waals surface area contributed by atoms with Crippen LogP contribution >= 0.6 is 0 Å². The van der Waals surface area contributed by atoms with Crippen molar-refractivity contribution in [3.8, 4) is 23.1 Å². The molecule has 1 fully saturated rings. The maximum atomic E-state index is 9.61. The van der Waals surface area contributed by atoms with E-state index in [4.69, 9.17) is 15.2 Å². The number of rotatable bonds is 6. The summed E-state index contributed by atoms with van der Waals surface area (Å²) in [5.41, 5.74) is 9.58. The van der Waals surface area contributed by atoms with Crippen molar-refractivity contribution in [2.24, 2.45) is 5.73 Å². The van der Waals surface area contributed by atoms with Gasteiger partial charge in [0, 0.05) is 43.8 Å². The molecule has 2 N–H and O–H groups in total. The molecule has 0 amide bonds. The van der Waals surface area contributed by atoms with Gasteiger partial charge in [-0.2, -0.15) is 5.26 Å². The Balaban J connectivity index is 1.53. The van der Waals surface area contributed by atoms with E-state index in [1.807, 2.05) is 36.4 Å². The van der Waals surface area contributed by atoms with Crippen LogP contribution in [0, 0.1) is 11.3 Å². The fourth-order valence-corrected chi connectivity index (χ4v) is 3.36. The Labute approximate surface area is 175 Å². The van der Waals surface area contributed by atoms with Gasteiger partial charge in [-0.15, -0.1) is 0 Å². The van der Waals surface area contributed by atoms with Crippen LogP contribution in [0.15, 0.2) is 48.8 Å². The molecule has 3 aromatic rings. The van der Waals surface area contributed by atoms with Gasteiger partial charge < -0.3 is 15.2 Å². The topological polar surface area (TPSA) is 107 Å². The van der Waals surface area contributed by atoms with E-state index in [2.05, 4.69) is 21.0 Å². The fraction of sp³-hybridized carbons (Fsp3) is 0.304. The van der Waals surface area contributed by atoms with E-state index in [1.165, 1.54) is 0 Å². The van der Waals surface area contributed by atoms with Gasteiger partial charge in [-0.05, 0) is 35.9 Å². The fourth-order valence-electron chi connectivity index (χ4n) is 3.36. The molecule has 1 saturated heterocycles. The smallest absolute Gasteiger partial charge is 0.137 e. The highest BCUT2D eigenvalue weighted by molar-refractivity contribution is 5.64. The third kappa shape index (κ3) is 4.79. The highest BCUT2D eigenvalue weighted by atomic mass is 16.5. The quantitative estimate of drug-likeness (QED) is 0.676. The summed E-state index contributed by atoms with van der Waals surface area (Å²) in [6, 6.07) is 13.6. The molecule has 30 heavy (non-hydrogen) atoms. The monoisotopic (exact) mass is 401 g/mol. The van der Waals surface area contributed by atoms with Crippen LogP contribution in [-0.2, 0) is 17.7 Å². The lowest BCUT2D eigenvalue weighted by molar-refractivity contribution is 0.0254. The van der Waals surface area contributed by atoms with Gasteiger partial charge in [0.25, 0.3) is 0 Å². The Hall–Kier alpha value is -3.34. The first-order valence-electron chi connectivity index (χ1n) is 10.00. The van der Waals surface area contributed by atoms with Gasteiger partial charge in [0.1, 0.15) is 23.7 Å². The average molecular weight is 401 g/mol. The lowest BCUT2D eigenvalue weighted by Gasteiger charge is -2.23. The highest BCUT2D eigenvalue weighted by Crippen LogP contribution is 2.27. The lowest BCUT2D eigenvalue weighted by atomic mass is 10.1. The normalized spacial score (nSPS) is 14.3. The number of hydrogen-bond acceptors (Lipinski definition) is 7. The number of nitriles is 1. The van der Waals surface area contributed by atoms with Gasteiger partial charge >= 0.3 is 0 Å². The van der Waals surface area contributed by atoms with Crippen molar-refractivity contribution in [2.45, 2.75) is 31.9 Å². The Morgan fingerprint density at radius 2 is 2.00 bits per heavy atom. The van der Waals surface area contributed by atoms with Crippen molar-refractivity contribution in [3.63, 3.8) is 0 Å². The van der Waals surface area contributed by atoms with E-state index >= 15 is 0 Å². The predicted molar refractivity (Wildman–Crippen MR) is 112 cm³/mol. The summed E-state index contributed by atoms with van der Waals surface area (Å²) < 4.78 is 11.4. The summed E-state index contributed by atoms with van der Waals surface area (Å²) in [6.07, 6.45) is 5.86. The van der Waals surface area contributed by atoms with Crippen molar-refractivity contribution < 1.29 is 9.47 Å². The third-order valence-corrected chi connectivity index (χ3v) is 5.02. The van der Waals surface area contributed by atoms with Crippen molar-refractivity contribution in [2.75, 3.05) is 13.2 Å². The van der Waals surface area contributed by atoms with Gasteiger partial charge in [0.2, 0.25) is 0 Å². The molecule has 3 heterocycles. The van der Waals surface area contributed by atoms with Gasteiger partial charge in [-0.3, -0.25) is 4.98 Å². The second-order valence-corrected chi connectivity index (χ2v) is 7.15. The van der Waals surface area contributed by atoms with Gasteiger partial charge in [-0.25, -0.2) is 9.97 Å². The zero-order chi connectivity index (χ0) is 20.8. The summed E-state index contributed by atoms with van der Waals surface area (Å²) in [5.74, 6) is 1.30. The molecular weight excluding hydrogens is 378 g/mol. The molecule has 7 heteroatoms. The zero-order valence-electron chi connectivity index (χ0n) is 16.6. The van der Waals surface area contributed by atoms with Crippen LogP contribution in [0.25, 0.3) is 11.3 Å². The summed E-state index contributed by atoms with van der Waals surface area (Å²) in [5, 5.41) is 9.61. The highest BCUT2D eigenvalue weighted by Gasteiger charge is 2.17. The second kappa shape index (κ2) is 9.44. The summed E-state index contributed by atoms with van der Waals surface area (Å²) in [6.45, 7) is 1.80. The molecule has 0 spiro atoms. The standard InChI is InChI=1S/C23H23N5O2/c24-13-18-12-17(2-4-22(18)30-20-6-9-29-10-7-20)21-5-8-26-23(28-21)11-16-1-3-19(14-25)27-15-16/h1-5,8,12,15,20H,6-7,9-11,14,25H2. The molecule has 152 valence electrons. The molecule has 2 aromatic heterocycles. The largest absolute Gasteiger partial charge is 0.489 e. The van der Waals surface area contributed by atoms with Gasteiger partial charge in [0.15, 0.2) is 0 Å². The molecule has 0 unspecified atom stereocenters. The molecule has 0 bridgehead atoms. The Kier molecular flexibility index (Phi) is 6.28. The minimum atomic E-state index is 0.0848. The number of nitrogens with two attached hydrogens (primary N) is 1. The minimum Gasteiger partial charge on any atom is -0.489 e. The number of pyridine rings is 1. The van der Waals surface area contributed by atoms with Crippen LogP contribution in [0.5, 0.6) is 5.75 Å². The lowest BCUT2D eigenvalue weighted by Crippen LogP contribution is -2.26. The summed E-state index contributed by atoms with van der Waals surface area (Å²) in [7, 11) is 0. The SMILES string of the molecule is N#Cc1cc(-c2ccnc(Cc3ccc(CN)nc3)n2)ccc1OC1CCOCC1. The van der Waals surface area contributed by atoms with Crippen LogP contribution < -0.4 is 10.5 Å². The molecule has 1 aliphatic heterocycles. The summed E-state index contributed by atoms with van der Waals surface area (Å²) >= 11 is 0. The molecule has 0 radical (unpaired) electrons. The number of nitrogens with zero attached hydrogens (tertiary/aromatic N) is 4. The first-order valence-corrected chi connectivity index (χ1v) is 10.00. The van der Waals surface area contributed by atoms with E-state index in [9.17, 15) is 5.26 Å². The maximum Gasteiger partial charge on any atom is 0.137 e. The van der Waals surface area contributed by atoms with Crippen LogP contribution in [0.4, 0.5) is 0 Å². The Morgan fingerprint density at radius 3 is 2.73 bits per heavy atom. The number of aromatic nitrogens is 3. The minimum absolute atomic E-state index is 0.0848. The predicted octanol–water partition coefficient (Wildman–Crippen LogP) is 3.02. The average Bonchev–Trinajstić information content (AvgIpc) is 2.81. The first-order chi connectivity index (χ1) is 14.7. The Morgan fingerprint density at radius 1 is 1.13 bits per heavy atom. The molecular formula is C23H23N5O2. The molecule has 0 saturated carbocycles. The molecule has 4 rings (SSSR count). The summed E-state index contributed by atoms with van der Waals surface area (Å²) in [4.78, 5) is 13.4. The number of benzene rings is 1. The zero-order valence-corrected chi connectivity index (χ0v) is 16.6. The maximum absolute atomic E-state index is 9.61. The number of ether oxygens (including phenoxy) is 2. The van der Waals surface area contributed by atoms with Crippen molar-refractivity contribution >= 4 is 0 Å². The molecule has 0 atom stereocenters. The van der Waals surface area contributed by atoms with Crippen molar-refractivity contribution in [3.05, 3.63) is 71.4 Å². The number of hydrogen-bond donors (Lipinski definition) is 1. The van der Waals surface area contributed by atoms with Crippen LogP contribution in [-0.4, -0.2) is 34.3 Å². The van der Waals surface area contributed by atoms with Crippen molar-refractivity contribution in [1.82, 2.24) is 15.0 Å². The van der Waals surface area contributed by atoms with Gasteiger partial charge in [0.05, 0.1) is 30.2 Å². The van der Waals surface area contributed by atoms with E-state index in [0.29, 0.717) is 43.3 Å². The van der Waals surface area contributed by atoms with E-state index in [0.717, 1.165) is 35.4 Å². The van der Waals surface area contributed by atoms with E-state index < -0.39 is 0 Å². The molecule has 1 aliphatic rings. The molecule has 7 nitrogen and oxygen atoms in total. The van der Waals surface area contributed by atoms with E-state index in [-0.39, 0.29) is 6.10 Å². The van der Waals surface area contributed by atoms with Crippen LogP contribution in [0.2, 0.25) is 0 Å². The van der Waals surface area contributed by atoms with Crippen LogP contribution in [0.3, 0.4) is 0 Å². The first kappa shape index (κ1) is 20.0. The Bertz CT molecular complexity index is 1040. The van der Waals surface area contributed by atoms with E-state index in [1.54, 1.807) is 12.4 Å². The van der Waals surface area contributed by atoms with Crippen LogP contribution in [0.1, 0.15) is 35.5 Å². The van der Waals surface area contributed by atoms with Crippen molar-refractivity contribution in [1.29, 1.82) is 5.26 Å². The third-order valence-electron chi connectivity index (χ3n) is 5.02.